The van der Waals surface area contributed by atoms with Gasteiger partial charge in [-0.1, -0.05) is 0 Å². The van der Waals surface area contributed by atoms with Gasteiger partial charge < -0.3 is 9.57 Å². The second-order valence-electron chi connectivity index (χ2n) is 2.58. The third-order valence-corrected chi connectivity index (χ3v) is 1.68. The summed E-state index contributed by atoms with van der Waals surface area (Å²) < 4.78 is 4.55. The predicted octanol–water partition coefficient (Wildman–Crippen LogP) is -0.210. The third kappa shape index (κ3) is 2.76. The highest BCUT2D eigenvalue weighted by atomic mass is 16.7. The average Bonchev–Trinajstić information content (AvgIpc) is 2.28. The van der Waals surface area contributed by atoms with Gasteiger partial charge in [0.25, 0.3) is 0 Å². The molecule has 15 heavy (non-hydrogen) atoms. The van der Waals surface area contributed by atoms with Crippen molar-refractivity contribution in [3.05, 3.63) is 35.4 Å². The fraction of sp³-hybridized carbons (Fsp3) is 0.111. The lowest BCUT2D eigenvalue weighted by atomic mass is 10.1. The van der Waals surface area contributed by atoms with Crippen molar-refractivity contribution in [1.82, 2.24) is 0 Å². The van der Waals surface area contributed by atoms with Crippen molar-refractivity contribution in [1.29, 1.82) is 0 Å². The van der Waals surface area contributed by atoms with Crippen molar-refractivity contribution in [3.63, 3.8) is 0 Å². The molecule has 0 aliphatic heterocycles. The Morgan fingerprint density at radius 3 is 1.93 bits per heavy atom. The number of rotatable bonds is 3. The van der Waals surface area contributed by atoms with Gasteiger partial charge in [-0.15, -0.1) is 0 Å². The first kappa shape index (κ1) is 11.2. The van der Waals surface area contributed by atoms with Gasteiger partial charge in [-0.3, -0.25) is 5.73 Å². The Morgan fingerprint density at radius 2 is 1.53 bits per heavy atom. The molecule has 0 spiro atoms. The van der Waals surface area contributed by atoms with Crippen LogP contribution in [0.5, 0.6) is 0 Å². The number of hydrogen-bond donors (Lipinski definition) is 2. The molecule has 0 fully saturated rings. The standard InChI is InChI=1S/C9H10N2O4/c10-5-14-8(12)6-1-3-7(4-2-6)9(13)15-11/h1-4H,5,10-11H2. The third-order valence-electron chi connectivity index (χ3n) is 1.68. The second kappa shape index (κ2) is 5.08. The molecule has 0 unspecified atom stereocenters. The molecule has 0 radical (unpaired) electrons. The van der Waals surface area contributed by atoms with Crippen LogP contribution in [-0.2, 0) is 9.57 Å². The van der Waals surface area contributed by atoms with Crippen LogP contribution in [0.2, 0.25) is 0 Å². The first-order chi connectivity index (χ1) is 7.19. The van der Waals surface area contributed by atoms with Crippen LogP contribution in [0.1, 0.15) is 20.7 Å². The maximum absolute atomic E-state index is 11.2. The van der Waals surface area contributed by atoms with Crippen LogP contribution < -0.4 is 11.6 Å². The normalized spacial score (nSPS) is 9.47. The Hall–Kier alpha value is -1.92. The molecule has 0 heterocycles. The van der Waals surface area contributed by atoms with Gasteiger partial charge in [-0.2, -0.15) is 5.90 Å². The summed E-state index contributed by atoms with van der Waals surface area (Å²) in [7, 11) is 0. The number of esters is 1. The molecule has 1 rings (SSSR count). The van der Waals surface area contributed by atoms with Crippen LogP contribution in [0.25, 0.3) is 0 Å². The van der Waals surface area contributed by atoms with E-state index in [4.69, 9.17) is 11.6 Å². The molecule has 0 saturated heterocycles. The van der Waals surface area contributed by atoms with Gasteiger partial charge in [0.15, 0.2) is 0 Å². The molecule has 1 aromatic carbocycles. The molecule has 0 atom stereocenters. The minimum Gasteiger partial charge on any atom is -0.446 e. The molecule has 0 amide bonds. The Bertz CT molecular complexity index is 361. The van der Waals surface area contributed by atoms with E-state index in [1.807, 2.05) is 0 Å². The SMILES string of the molecule is NCOC(=O)c1ccc(C(=O)ON)cc1. The van der Waals surface area contributed by atoms with Crippen molar-refractivity contribution in [2.45, 2.75) is 0 Å². The van der Waals surface area contributed by atoms with Gasteiger partial charge >= 0.3 is 11.9 Å². The summed E-state index contributed by atoms with van der Waals surface area (Å²) in [6.07, 6.45) is 0. The van der Waals surface area contributed by atoms with Crippen molar-refractivity contribution in [2.75, 3.05) is 6.73 Å². The molecule has 0 aliphatic rings. The van der Waals surface area contributed by atoms with Crippen LogP contribution >= 0.6 is 0 Å². The van der Waals surface area contributed by atoms with E-state index in [2.05, 4.69) is 9.57 Å². The van der Waals surface area contributed by atoms with Crippen LogP contribution in [0.4, 0.5) is 0 Å². The number of nitrogens with two attached hydrogens (primary N) is 2. The van der Waals surface area contributed by atoms with E-state index in [1.165, 1.54) is 24.3 Å². The fourth-order valence-corrected chi connectivity index (χ4v) is 0.969. The molecule has 0 aliphatic carbocycles. The monoisotopic (exact) mass is 210 g/mol. The molecule has 6 nitrogen and oxygen atoms in total. The maximum atomic E-state index is 11.2. The summed E-state index contributed by atoms with van der Waals surface area (Å²) in [6, 6.07) is 5.65. The zero-order valence-electron chi connectivity index (χ0n) is 7.80. The van der Waals surface area contributed by atoms with Crippen LogP contribution in [0.3, 0.4) is 0 Å². The molecule has 0 aromatic heterocycles. The molecular weight excluding hydrogens is 200 g/mol. The van der Waals surface area contributed by atoms with E-state index in [0.717, 1.165) is 0 Å². The van der Waals surface area contributed by atoms with E-state index in [1.54, 1.807) is 0 Å². The minimum absolute atomic E-state index is 0.189. The lowest BCUT2D eigenvalue weighted by Gasteiger charge is -2.02. The Labute approximate surface area is 85.7 Å². The molecular formula is C9H10N2O4. The molecule has 80 valence electrons. The molecule has 6 heteroatoms. The highest BCUT2D eigenvalue weighted by Gasteiger charge is 2.09. The van der Waals surface area contributed by atoms with E-state index < -0.39 is 11.9 Å². The van der Waals surface area contributed by atoms with E-state index >= 15 is 0 Å². The number of carbonyl (C=O) groups is 2. The van der Waals surface area contributed by atoms with Crippen LogP contribution in [0.15, 0.2) is 24.3 Å². The fourth-order valence-electron chi connectivity index (χ4n) is 0.969. The zero-order valence-corrected chi connectivity index (χ0v) is 7.80. The molecule has 4 N–H and O–H groups in total. The summed E-state index contributed by atoms with van der Waals surface area (Å²) in [6.45, 7) is -0.189. The Balaban J connectivity index is 2.80. The predicted molar refractivity (Wildman–Crippen MR) is 50.5 cm³/mol. The summed E-state index contributed by atoms with van der Waals surface area (Å²) >= 11 is 0. The highest BCUT2D eigenvalue weighted by molar-refractivity contribution is 5.93. The van der Waals surface area contributed by atoms with Gasteiger partial charge in [0.2, 0.25) is 0 Å². The lowest BCUT2D eigenvalue weighted by molar-refractivity contribution is 0.0494. The first-order valence-corrected chi connectivity index (χ1v) is 4.07. The van der Waals surface area contributed by atoms with Gasteiger partial charge in [-0.05, 0) is 24.3 Å². The summed E-state index contributed by atoms with van der Waals surface area (Å²) in [5, 5.41) is 0. The van der Waals surface area contributed by atoms with Crippen LogP contribution in [-0.4, -0.2) is 18.7 Å². The molecule has 0 saturated carbocycles. The van der Waals surface area contributed by atoms with Gasteiger partial charge in [0.1, 0.15) is 6.73 Å². The maximum Gasteiger partial charge on any atom is 0.356 e. The van der Waals surface area contributed by atoms with Gasteiger partial charge in [0.05, 0.1) is 11.1 Å². The van der Waals surface area contributed by atoms with E-state index in [-0.39, 0.29) is 12.3 Å². The number of hydrogen-bond acceptors (Lipinski definition) is 6. The van der Waals surface area contributed by atoms with Gasteiger partial charge in [-0.25, -0.2) is 9.59 Å². The molecule has 0 bridgehead atoms. The lowest BCUT2D eigenvalue weighted by Crippen LogP contribution is -2.13. The largest absolute Gasteiger partial charge is 0.446 e. The van der Waals surface area contributed by atoms with Crippen molar-refractivity contribution in [2.24, 2.45) is 11.6 Å². The zero-order chi connectivity index (χ0) is 11.3. The first-order valence-electron chi connectivity index (χ1n) is 4.07. The topological polar surface area (TPSA) is 105 Å². The summed E-state index contributed by atoms with van der Waals surface area (Å²) in [4.78, 5) is 26.1. The quantitative estimate of drug-likeness (QED) is 0.406. The Kier molecular flexibility index (Phi) is 3.78. The molecule has 1 aromatic rings. The number of carbonyl (C=O) groups excluding carboxylic acids is 2. The van der Waals surface area contributed by atoms with Crippen molar-refractivity contribution < 1.29 is 19.2 Å². The summed E-state index contributed by atoms with van der Waals surface area (Å²) in [5.74, 6) is 3.47. The van der Waals surface area contributed by atoms with E-state index in [9.17, 15) is 9.59 Å². The Morgan fingerprint density at radius 1 is 1.07 bits per heavy atom. The average molecular weight is 210 g/mol. The van der Waals surface area contributed by atoms with Crippen molar-refractivity contribution in [3.8, 4) is 0 Å². The van der Waals surface area contributed by atoms with E-state index in [0.29, 0.717) is 5.56 Å². The van der Waals surface area contributed by atoms with Crippen molar-refractivity contribution >= 4 is 11.9 Å². The number of benzene rings is 1. The minimum atomic E-state index is -0.672. The smallest absolute Gasteiger partial charge is 0.356 e. The second-order valence-corrected chi connectivity index (χ2v) is 2.58. The number of ether oxygens (including phenoxy) is 1. The van der Waals surface area contributed by atoms with Gasteiger partial charge in [0, 0.05) is 0 Å². The summed E-state index contributed by atoms with van der Waals surface area (Å²) in [5.41, 5.74) is 5.58. The van der Waals surface area contributed by atoms with Crippen LogP contribution in [0, 0.1) is 0 Å². The highest BCUT2D eigenvalue weighted by Crippen LogP contribution is 2.06.